The molecule has 2 saturated carbocycles. The molecule has 31 heavy (non-hydrogen) atoms. The van der Waals surface area contributed by atoms with Gasteiger partial charge in [-0.2, -0.15) is 8.78 Å². The summed E-state index contributed by atoms with van der Waals surface area (Å²) in [4.78, 5) is 0. The Morgan fingerprint density at radius 1 is 0.903 bits per heavy atom. The Labute approximate surface area is 181 Å². The van der Waals surface area contributed by atoms with Crippen LogP contribution in [0.25, 0.3) is 11.1 Å². The summed E-state index contributed by atoms with van der Waals surface area (Å²) in [6.07, 6.45) is 10.0. The Morgan fingerprint density at radius 2 is 1.68 bits per heavy atom. The van der Waals surface area contributed by atoms with Gasteiger partial charge in [-0.15, -0.1) is 0 Å². The molecule has 168 valence electrons. The van der Waals surface area contributed by atoms with Gasteiger partial charge in [0.15, 0.2) is 11.6 Å². The summed E-state index contributed by atoms with van der Waals surface area (Å²) >= 11 is 0. The smallest absolute Gasteiger partial charge is 0.387 e. The van der Waals surface area contributed by atoms with Crippen LogP contribution in [-0.2, 0) is 0 Å². The minimum Gasteiger partial charge on any atom is -0.432 e. The predicted octanol–water partition coefficient (Wildman–Crippen LogP) is 8.33. The Morgan fingerprint density at radius 3 is 2.39 bits per heavy atom. The van der Waals surface area contributed by atoms with E-state index in [0.29, 0.717) is 11.5 Å². The molecule has 0 N–H and O–H groups in total. The minimum absolute atomic E-state index is 0.264. The zero-order valence-corrected chi connectivity index (χ0v) is 17.9. The first kappa shape index (κ1) is 22.2. The van der Waals surface area contributed by atoms with Gasteiger partial charge in [-0.25, -0.2) is 8.78 Å². The van der Waals surface area contributed by atoms with E-state index in [0.717, 1.165) is 48.3 Å². The lowest BCUT2D eigenvalue weighted by molar-refractivity contribution is -0.0521. The normalized spacial score (nSPS) is 26.0. The Bertz CT molecular complexity index is 897. The number of hydrogen-bond donors (Lipinski definition) is 0. The van der Waals surface area contributed by atoms with Crippen LogP contribution in [0.4, 0.5) is 17.6 Å². The number of rotatable bonds is 6. The molecule has 2 aliphatic carbocycles. The second-order valence-corrected chi connectivity index (χ2v) is 9.26. The molecule has 0 aromatic heterocycles. The Hall–Kier alpha value is -2.04. The van der Waals surface area contributed by atoms with Crippen molar-refractivity contribution in [3.63, 3.8) is 0 Å². The van der Waals surface area contributed by atoms with E-state index in [1.165, 1.54) is 44.6 Å². The average molecular weight is 435 g/mol. The molecule has 0 spiro atoms. The number of ether oxygens (including phenoxy) is 1. The monoisotopic (exact) mass is 434 g/mol. The van der Waals surface area contributed by atoms with Crippen molar-refractivity contribution >= 4 is 0 Å². The SMILES string of the molecule is CCCC1CC[C@@H]2C[C@H](c3ccc(-c4ccc(OC(F)F)c(F)c4)c(F)c3)CC[C@@H]2C1. The molecule has 1 unspecified atom stereocenters. The van der Waals surface area contributed by atoms with Crippen molar-refractivity contribution in [3.05, 3.63) is 53.6 Å². The van der Waals surface area contributed by atoms with Gasteiger partial charge in [0.2, 0.25) is 0 Å². The fourth-order valence-electron chi connectivity index (χ4n) is 5.84. The van der Waals surface area contributed by atoms with Gasteiger partial charge in [0.1, 0.15) is 5.82 Å². The molecular weight excluding hydrogens is 404 g/mol. The van der Waals surface area contributed by atoms with Gasteiger partial charge in [-0.3, -0.25) is 0 Å². The van der Waals surface area contributed by atoms with Crippen LogP contribution in [0.2, 0.25) is 0 Å². The van der Waals surface area contributed by atoms with Crippen molar-refractivity contribution in [1.82, 2.24) is 0 Å². The quantitative estimate of drug-likeness (QED) is 0.415. The van der Waals surface area contributed by atoms with E-state index in [1.807, 2.05) is 6.07 Å². The second kappa shape index (κ2) is 9.62. The van der Waals surface area contributed by atoms with E-state index >= 15 is 0 Å². The third-order valence-corrected chi connectivity index (χ3v) is 7.34. The van der Waals surface area contributed by atoms with E-state index in [4.69, 9.17) is 0 Å². The maximum absolute atomic E-state index is 14.9. The molecule has 0 saturated heterocycles. The van der Waals surface area contributed by atoms with E-state index in [1.54, 1.807) is 12.1 Å². The van der Waals surface area contributed by atoms with Crippen molar-refractivity contribution in [3.8, 4) is 16.9 Å². The number of benzene rings is 2. The van der Waals surface area contributed by atoms with Gasteiger partial charge < -0.3 is 4.74 Å². The van der Waals surface area contributed by atoms with Crippen molar-refractivity contribution in [2.24, 2.45) is 17.8 Å². The van der Waals surface area contributed by atoms with E-state index in [-0.39, 0.29) is 5.56 Å². The zero-order chi connectivity index (χ0) is 22.0. The standard InChI is InChI=1S/C26H30F4O/c1-2-3-16-4-5-18-13-19(7-6-17(18)12-16)20-8-10-22(23(27)14-20)21-9-11-25(24(28)15-21)31-26(29)30/h8-11,14-19,26H,2-7,12-13H2,1H3/t16?,17-,18-,19-/m1/s1. The third-order valence-electron chi connectivity index (χ3n) is 7.34. The first-order chi connectivity index (χ1) is 14.9. The lowest BCUT2D eigenvalue weighted by Gasteiger charge is -2.42. The molecule has 1 nitrogen and oxygen atoms in total. The number of hydrogen-bond acceptors (Lipinski definition) is 1. The highest BCUT2D eigenvalue weighted by atomic mass is 19.3. The van der Waals surface area contributed by atoms with Crippen LogP contribution >= 0.6 is 0 Å². The van der Waals surface area contributed by atoms with Gasteiger partial charge in [0, 0.05) is 5.56 Å². The fourth-order valence-corrected chi connectivity index (χ4v) is 5.84. The van der Waals surface area contributed by atoms with E-state index in [9.17, 15) is 17.6 Å². The summed E-state index contributed by atoms with van der Waals surface area (Å²) in [5.41, 5.74) is 1.58. The maximum atomic E-state index is 14.9. The van der Waals surface area contributed by atoms with Crippen LogP contribution < -0.4 is 4.74 Å². The number of alkyl halides is 2. The first-order valence-electron chi connectivity index (χ1n) is 11.5. The van der Waals surface area contributed by atoms with Gasteiger partial charge in [-0.1, -0.05) is 44.4 Å². The molecule has 0 bridgehead atoms. The molecule has 0 heterocycles. The van der Waals surface area contributed by atoms with Crippen LogP contribution in [-0.4, -0.2) is 6.61 Å². The number of fused-ring (bicyclic) bond motifs is 1. The maximum Gasteiger partial charge on any atom is 0.387 e. The molecule has 2 aromatic rings. The van der Waals surface area contributed by atoms with Crippen molar-refractivity contribution in [1.29, 1.82) is 0 Å². The predicted molar refractivity (Wildman–Crippen MR) is 114 cm³/mol. The van der Waals surface area contributed by atoms with Gasteiger partial charge >= 0.3 is 6.61 Å². The van der Waals surface area contributed by atoms with Crippen molar-refractivity contribution < 1.29 is 22.3 Å². The summed E-state index contributed by atoms with van der Waals surface area (Å²) in [5, 5.41) is 0. The summed E-state index contributed by atoms with van der Waals surface area (Å²) in [7, 11) is 0. The molecule has 5 heteroatoms. The van der Waals surface area contributed by atoms with E-state index < -0.39 is 24.0 Å². The highest BCUT2D eigenvalue weighted by Gasteiger charge is 2.35. The van der Waals surface area contributed by atoms with Gasteiger partial charge in [0.05, 0.1) is 0 Å². The Kier molecular flexibility index (Phi) is 6.88. The largest absolute Gasteiger partial charge is 0.432 e. The summed E-state index contributed by atoms with van der Waals surface area (Å²) < 4.78 is 57.7. The van der Waals surface area contributed by atoms with Gasteiger partial charge in [-0.05, 0) is 85.1 Å². The summed E-state index contributed by atoms with van der Waals surface area (Å²) in [6.45, 7) is -0.839. The lowest BCUT2D eigenvalue weighted by Crippen LogP contribution is -2.30. The molecular formula is C26H30F4O. The van der Waals surface area contributed by atoms with Crippen molar-refractivity contribution in [2.45, 2.75) is 70.8 Å². The minimum atomic E-state index is -3.10. The van der Waals surface area contributed by atoms with Crippen LogP contribution in [0, 0.1) is 29.4 Å². The molecule has 2 aromatic carbocycles. The summed E-state index contributed by atoms with van der Waals surface area (Å²) in [6, 6.07) is 8.74. The highest BCUT2D eigenvalue weighted by Crippen LogP contribution is 2.48. The second-order valence-electron chi connectivity index (χ2n) is 9.26. The van der Waals surface area contributed by atoms with Crippen LogP contribution in [0.15, 0.2) is 36.4 Å². The molecule has 2 aliphatic rings. The topological polar surface area (TPSA) is 9.23 Å². The third kappa shape index (κ3) is 5.07. The highest BCUT2D eigenvalue weighted by molar-refractivity contribution is 5.65. The molecule has 0 aliphatic heterocycles. The molecule has 4 rings (SSSR count). The average Bonchev–Trinajstić information content (AvgIpc) is 2.75. The van der Waals surface area contributed by atoms with Crippen molar-refractivity contribution in [2.75, 3.05) is 0 Å². The molecule has 0 amide bonds. The molecule has 4 atom stereocenters. The number of halogens is 4. The van der Waals surface area contributed by atoms with Crippen LogP contribution in [0.5, 0.6) is 5.75 Å². The molecule has 0 radical (unpaired) electrons. The van der Waals surface area contributed by atoms with Crippen LogP contribution in [0.3, 0.4) is 0 Å². The zero-order valence-electron chi connectivity index (χ0n) is 17.9. The van der Waals surface area contributed by atoms with Gasteiger partial charge in [0.25, 0.3) is 0 Å². The fraction of sp³-hybridized carbons (Fsp3) is 0.538. The lowest BCUT2D eigenvalue weighted by atomic mass is 9.63. The Balaban J connectivity index is 1.45. The first-order valence-corrected chi connectivity index (χ1v) is 11.5. The van der Waals surface area contributed by atoms with Crippen LogP contribution in [0.1, 0.15) is 69.8 Å². The summed E-state index contributed by atoms with van der Waals surface area (Å²) in [5.74, 6) is 0.935. The van der Waals surface area contributed by atoms with E-state index in [2.05, 4.69) is 11.7 Å². The molecule has 2 fully saturated rings.